The van der Waals surface area contributed by atoms with Crippen LogP contribution in [0.2, 0.25) is 10.0 Å². The van der Waals surface area contributed by atoms with Crippen molar-refractivity contribution in [2.24, 2.45) is 0 Å². The minimum atomic E-state index is -3.30. The van der Waals surface area contributed by atoms with E-state index in [-0.39, 0.29) is 4.90 Å². The molecule has 0 saturated heterocycles. The first kappa shape index (κ1) is 17.0. The fourth-order valence-corrected chi connectivity index (χ4v) is 3.49. The fourth-order valence-electron chi connectivity index (χ4n) is 2.43. The molecular formula is C18H13Cl2NO2S. The lowest BCUT2D eigenvalue weighted by atomic mass is 9.99. The van der Waals surface area contributed by atoms with Crippen LogP contribution in [0.3, 0.4) is 0 Å². The summed E-state index contributed by atoms with van der Waals surface area (Å²) in [5, 5.41) is 1.11. The predicted octanol–water partition coefficient (Wildman–Crippen LogP) is 5.13. The summed E-state index contributed by atoms with van der Waals surface area (Å²) in [5.74, 6) is 0. The van der Waals surface area contributed by atoms with Gasteiger partial charge in [0.25, 0.3) is 0 Å². The average Bonchev–Trinajstić information content (AvgIpc) is 2.56. The molecule has 6 heteroatoms. The van der Waals surface area contributed by atoms with Crippen molar-refractivity contribution in [1.82, 2.24) is 4.98 Å². The van der Waals surface area contributed by atoms with Crippen LogP contribution >= 0.6 is 23.2 Å². The number of rotatable bonds is 3. The van der Waals surface area contributed by atoms with Crippen molar-refractivity contribution in [3.05, 3.63) is 70.8 Å². The molecule has 0 unspecified atom stereocenters. The Hall–Kier alpha value is -1.88. The summed E-state index contributed by atoms with van der Waals surface area (Å²) < 4.78 is 23.6. The lowest BCUT2D eigenvalue weighted by Gasteiger charge is -2.11. The summed E-state index contributed by atoms with van der Waals surface area (Å²) in [6, 6.07) is 15.6. The van der Waals surface area contributed by atoms with E-state index in [0.29, 0.717) is 21.3 Å². The Balaban J connectivity index is 2.23. The van der Waals surface area contributed by atoms with E-state index in [4.69, 9.17) is 23.2 Å². The molecule has 0 amide bonds. The maximum atomic E-state index is 11.8. The molecule has 2 aromatic carbocycles. The molecule has 3 rings (SSSR count). The van der Waals surface area contributed by atoms with E-state index in [0.717, 1.165) is 11.1 Å². The van der Waals surface area contributed by atoms with Gasteiger partial charge in [-0.2, -0.15) is 0 Å². The van der Waals surface area contributed by atoms with Crippen molar-refractivity contribution in [3.63, 3.8) is 0 Å². The topological polar surface area (TPSA) is 47.0 Å². The summed E-state index contributed by atoms with van der Waals surface area (Å²) >= 11 is 12.4. The summed E-state index contributed by atoms with van der Waals surface area (Å²) in [4.78, 5) is 4.67. The molecule has 3 nitrogen and oxygen atoms in total. The van der Waals surface area contributed by atoms with Gasteiger partial charge in [0.15, 0.2) is 9.84 Å². The zero-order chi connectivity index (χ0) is 17.3. The molecule has 0 aliphatic rings. The van der Waals surface area contributed by atoms with Gasteiger partial charge in [0.2, 0.25) is 0 Å². The second kappa shape index (κ2) is 6.55. The van der Waals surface area contributed by atoms with Gasteiger partial charge in [-0.05, 0) is 36.4 Å². The molecule has 0 fully saturated rings. The largest absolute Gasteiger partial charge is 0.256 e. The number of pyridine rings is 1. The van der Waals surface area contributed by atoms with Crippen LogP contribution in [-0.2, 0) is 9.84 Å². The van der Waals surface area contributed by atoms with Crippen LogP contribution in [0.25, 0.3) is 22.4 Å². The molecule has 0 atom stereocenters. The predicted molar refractivity (Wildman–Crippen MR) is 98.2 cm³/mol. The highest BCUT2D eigenvalue weighted by molar-refractivity contribution is 7.90. The van der Waals surface area contributed by atoms with Crippen molar-refractivity contribution >= 4 is 33.0 Å². The molecule has 24 heavy (non-hydrogen) atoms. The molecule has 3 aromatic rings. The van der Waals surface area contributed by atoms with E-state index in [1.165, 1.54) is 6.26 Å². The number of aromatic nitrogens is 1. The first-order valence-corrected chi connectivity index (χ1v) is 9.72. The zero-order valence-corrected chi connectivity index (χ0v) is 15.0. The molecule has 0 aliphatic heterocycles. The first-order valence-electron chi connectivity index (χ1n) is 7.07. The van der Waals surface area contributed by atoms with Gasteiger partial charge in [-0.1, -0.05) is 41.4 Å². The highest BCUT2D eigenvalue weighted by atomic mass is 35.5. The van der Waals surface area contributed by atoms with Gasteiger partial charge in [0.05, 0.1) is 10.6 Å². The monoisotopic (exact) mass is 377 g/mol. The highest BCUT2D eigenvalue weighted by Gasteiger charge is 2.14. The van der Waals surface area contributed by atoms with Gasteiger partial charge in [-0.25, -0.2) is 8.42 Å². The Kier molecular flexibility index (Phi) is 4.63. The highest BCUT2D eigenvalue weighted by Crippen LogP contribution is 2.36. The third kappa shape index (κ3) is 3.46. The summed E-state index contributed by atoms with van der Waals surface area (Å²) in [6.07, 6.45) is 2.84. The third-order valence-electron chi connectivity index (χ3n) is 3.56. The SMILES string of the molecule is CS(=O)(=O)c1cccc(-c2ncccc2-c2cc(Cl)ccc2Cl)c1. The van der Waals surface area contributed by atoms with E-state index in [9.17, 15) is 8.42 Å². The Morgan fingerprint density at radius 2 is 1.71 bits per heavy atom. The van der Waals surface area contributed by atoms with Crippen molar-refractivity contribution in [2.75, 3.05) is 6.26 Å². The number of hydrogen-bond donors (Lipinski definition) is 0. The van der Waals surface area contributed by atoms with Crippen LogP contribution in [-0.4, -0.2) is 19.7 Å². The van der Waals surface area contributed by atoms with Crippen molar-refractivity contribution in [3.8, 4) is 22.4 Å². The second-order valence-corrected chi connectivity index (χ2v) is 8.18. The zero-order valence-electron chi connectivity index (χ0n) is 12.7. The smallest absolute Gasteiger partial charge is 0.175 e. The fraction of sp³-hybridized carbons (Fsp3) is 0.0556. The van der Waals surface area contributed by atoms with E-state index in [2.05, 4.69) is 4.98 Å². The Labute approximate surface area is 150 Å². The molecule has 0 bridgehead atoms. The molecule has 0 radical (unpaired) electrons. The van der Waals surface area contributed by atoms with E-state index < -0.39 is 9.84 Å². The van der Waals surface area contributed by atoms with Gasteiger partial charge >= 0.3 is 0 Å². The Morgan fingerprint density at radius 1 is 0.917 bits per heavy atom. The molecular weight excluding hydrogens is 365 g/mol. The first-order chi connectivity index (χ1) is 11.4. The van der Waals surface area contributed by atoms with Crippen LogP contribution in [0.1, 0.15) is 0 Å². The maximum Gasteiger partial charge on any atom is 0.175 e. The van der Waals surface area contributed by atoms with E-state index in [1.807, 2.05) is 12.1 Å². The molecule has 0 saturated carbocycles. The molecule has 0 N–H and O–H groups in total. The van der Waals surface area contributed by atoms with Gasteiger partial charge in [0.1, 0.15) is 0 Å². The minimum Gasteiger partial charge on any atom is -0.256 e. The standard InChI is InChI=1S/C18H13Cl2NO2S/c1-24(22,23)14-5-2-4-12(10-14)18-15(6-3-9-21-18)16-11-13(19)7-8-17(16)20/h2-11H,1H3. The second-order valence-electron chi connectivity index (χ2n) is 5.32. The van der Waals surface area contributed by atoms with Gasteiger partial charge in [0, 0.05) is 39.2 Å². The number of hydrogen-bond acceptors (Lipinski definition) is 3. The third-order valence-corrected chi connectivity index (χ3v) is 5.24. The number of nitrogens with zero attached hydrogens (tertiary/aromatic N) is 1. The minimum absolute atomic E-state index is 0.244. The van der Waals surface area contributed by atoms with E-state index in [1.54, 1.807) is 48.7 Å². The molecule has 0 aliphatic carbocycles. The van der Waals surface area contributed by atoms with Crippen LogP contribution in [0.15, 0.2) is 65.7 Å². The van der Waals surface area contributed by atoms with Gasteiger partial charge < -0.3 is 0 Å². The van der Waals surface area contributed by atoms with Crippen LogP contribution < -0.4 is 0 Å². The average molecular weight is 378 g/mol. The lowest BCUT2D eigenvalue weighted by molar-refractivity contribution is 0.602. The van der Waals surface area contributed by atoms with Gasteiger partial charge in [-0.3, -0.25) is 4.98 Å². The maximum absolute atomic E-state index is 11.8. The van der Waals surface area contributed by atoms with Crippen molar-refractivity contribution in [1.29, 1.82) is 0 Å². The number of sulfone groups is 1. The summed E-state index contributed by atoms with van der Waals surface area (Å²) in [5.41, 5.74) is 2.88. The normalized spacial score (nSPS) is 11.5. The summed E-state index contributed by atoms with van der Waals surface area (Å²) in [6.45, 7) is 0. The van der Waals surface area contributed by atoms with E-state index >= 15 is 0 Å². The van der Waals surface area contributed by atoms with Crippen molar-refractivity contribution < 1.29 is 8.42 Å². The molecule has 122 valence electrons. The number of halogens is 2. The molecule has 0 spiro atoms. The van der Waals surface area contributed by atoms with Crippen molar-refractivity contribution in [2.45, 2.75) is 4.90 Å². The molecule has 1 heterocycles. The molecule has 1 aromatic heterocycles. The van der Waals surface area contributed by atoms with Crippen LogP contribution in [0.4, 0.5) is 0 Å². The lowest BCUT2D eigenvalue weighted by Crippen LogP contribution is -1.97. The Bertz CT molecular complexity index is 1020. The number of benzene rings is 2. The quantitative estimate of drug-likeness (QED) is 0.635. The van der Waals surface area contributed by atoms with Crippen LogP contribution in [0, 0.1) is 0 Å². The Morgan fingerprint density at radius 3 is 2.46 bits per heavy atom. The summed E-state index contributed by atoms with van der Waals surface area (Å²) in [7, 11) is -3.30. The van der Waals surface area contributed by atoms with Gasteiger partial charge in [-0.15, -0.1) is 0 Å². The van der Waals surface area contributed by atoms with Crippen LogP contribution in [0.5, 0.6) is 0 Å².